The minimum Gasteiger partial charge on any atom is -0.448 e. The highest BCUT2D eigenvalue weighted by Crippen LogP contribution is 2.30. The molecular formula is C20H26N2O3S. The van der Waals surface area contributed by atoms with Crippen molar-refractivity contribution < 1.29 is 14.3 Å². The highest BCUT2D eigenvalue weighted by Gasteiger charge is 2.35. The molecular weight excluding hydrogens is 348 g/mol. The lowest BCUT2D eigenvalue weighted by Crippen LogP contribution is -2.52. The first kappa shape index (κ1) is 18.9. The molecule has 6 heteroatoms. The number of carbonyl (C=O) groups excluding carboxylic acids is 2. The zero-order valence-corrected chi connectivity index (χ0v) is 16.1. The SMILES string of the molecule is C[C@@H](OC(=O)c1cc2c(s1)CCCCC2)C(=O)NC1(C#N)CCCCC1. The Morgan fingerprint density at radius 3 is 2.62 bits per heavy atom. The normalized spacial score (nSPS) is 20.2. The van der Waals surface area contributed by atoms with Crippen LogP contribution < -0.4 is 5.32 Å². The van der Waals surface area contributed by atoms with Crippen LogP contribution in [-0.2, 0) is 22.4 Å². The molecule has 1 aromatic heterocycles. The van der Waals surface area contributed by atoms with E-state index in [1.165, 1.54) is 28.2 Å². The van der Waals surface area contributed by atoms with Gasteiger partial charge in [0.1, 0.15) is 10.4 Å². The van der Waals surface area contributed by atoms with Crippen molar-refractivity contribution in [2.24, 2.45) is 0 Å². The molecule has 1 N–H and O–H groups in total. The second-order valence-corrected chi connectivity index (χ2v) is 8.55. The van der Waals surface area contributed by atoms with Crippen molar-refractivity contribution in [3.8, 4) is 6.07 Å². The van der Waals surface area contributed by atoms with Crippen LogP contribution in [0.4, 0.5) is 0 Å². The van der Waals surface area contributed by atoms with E-state index in [9.17, 15) is 14.9 Å². The Labute approximate surface area is 158 Å². The zero-order chi connectivity index (χ0) is 18.6. The molecule has 5 nitrogen and oxygen atoms in total. The smallest absolute Gasteiger partial charge is 0.349 e. The third kappa shape index (κ3) is 4.27. The Morgan fingerprint density at radius 2 is 1.88 bits per heavy atom. The van der Waals surface area contributed by atoms with Gasteiger partial charge >= 0.3 is 5.97 Å². The zero-order valence-electron chi connectivity index (χ0n) is 15.3. The van der Waals surface area contributed by atoms with Gasteiger partial charge in [-0.3, -0.25) is 4.79 Å². The van der Waals surface area contributed by atoms with E-state index in [0.29, 0.717) is 17.7 Å². The third-order valence-corrected chi connectivity index (χ3v) is 6.60. The van der Waals surface area contributed by atoms with Gasteiger partial charge in [0.15, 0.2) is 6.10 Å². The van der Waals surface area contributed by atoms with E-state index in [-0.39, 0.29) is 5.91 Å². The van der Waals surface area contributed by atoms with Crippen molar-refractivity contribution in [1.29, 1.82) is 5.26 Å². The number of thiophene rings is 1. The molecule has 0 saturated heterocycles. The number of aryl methyl sites for hydroxylation is 2. The molecule has 0 spiro atoms. The van der Waals surface area contributed by atoms with Crippen LogP contribution in [0, 0.1) is 11.3 Å². The molecule has 1 aromatic rings. The summed E-state index contributed by atoms with van der Waals surface area (Å²) in [6.07, 6.45) is 8.97. The van der Waals surface area contributed by atoms with Crippen molar-refractivity contribution in [3.05, 3.63) is 21.4 Å². The Morgan fingerprint density at radius 1 is 1.19 bits per heavy atom. The van der Waals surface area contributed by atoms with Crippen LogP contribution >= 0.6 is 11.3 Å². The van der Waals surface area contributed by atoms with Crippen LogP contribution in [0.15, 0.2) is 6.07 Å². The summed E-state index contributed by atoms with van der Waals surface area (Å²) in [5, 5.41) is 12.3. The number of hydrogen-bond donors (Lipinski definition) is 1. The van der Waals surface area contributed by atoms with Crippen molar-refractivity contribution in [2.45, 2.75) is 82.8 Å². The fourth-order valence-electron chi connectivity index (χ4n) is 3.80. The molecule has 0 unspecified atom stereocenters. The van der Waals surface area contributed by atoms with Crippen LogP contribution in [0.2, 0.25) is 0 Å². The molecule has 0 aromatic carbocycles. The Kier molecular flexibility index (Phi) is 5.98. The molecule has 2 aliphatic rings. The predicted molar refractivity (Wildman–Crippen MR) is 100 cm³/mol. The van der Waals surface area contributed by atoms with Gasteiger partial charge < -0.3 is 10.1 Å². The second-order valence-electron chi connectivity index (χ2n) is 7.41. The largest absolute Gasteiger partial charge is 0.448 e. The maximum Gasteiger partial charge on any atom is 0.349 e. The molecule has 140 valence electrons. The first-order valence-corrected chi connectivity index (χ1v) is 10.4. The van der Waals surface area contributed by atoms with E-state index in [0.717, 1.165) is 44.9 Å². The minimum absolute atomic E-state index is 0.389. The van der Waals surface area contributed by atoms with Crippen molar-refractivity contribution in [2.75, 3.05) is 0 Å². The van der Waals surface area contributed by atoms with E-state index in [2.05, 4.69) is 11.4 Å². The maximum absolute atomic E-state index is 12.4. The molecule has 0 radical (unpaired) electrons. The van der Waals surface area contributed by atoms with Gasteiger partial charge in [-0.2, -0.15) is 5.26 Å². The Balaban J connectivity index is 1.60. The quantitative estimate of drug-likeness (QED) is 0.640. The van der Waals surface area contributed by atoms with E-state index in [1.807, 2.05) is 6.07 Å². The van der Waals surface area contributed by atoms with Gasteiger partial charge in [0.05, 0.1) is 6.07 Å². The standard InChI is InChI=1S/C20H26N2O3S/c1-14(18(23)22-20(13-21)10-6-3-7-11-20)25-19(24)17-12-15-8-4-2-5-9-16(15)26-17/h12,14H,2-11H2,1H3,(H,22,23)/t14-/m1/s1. The summed E-state index contributed by atoms with van der Waals surface area (Å²) in [5.74, 6) is -0.833. The highest BCUT2D eigenvalue weighted by molar-refractivity contribution is 7.14. The van der Waals surface area contributed by atoms with Gasteiger partial charge in [-0.05, 0) is 57.1 Å². The van der Waals surface area contributed by atoms with E-state index in [4.69, 9.17) is 4.74 Å². The van der Waals surface area contributed by atoms with Crippen molar-refractivity contribution >= 4 is 23.2 Å². The fourth-order valence-corrected chi connectivity index (χ4v) is 4.93. The number of esters is 1. The second kappa shape index (κ2) is 8.22. The lowest BCUT2D eigenvalue weighted by atomic mass is 9.83. The summed E-state index contributed by atoms with van der Waals surface area (Å²) in [5.41, 5.74) is 0.443. The number of amides is 1. The van der Waals surface area contributed by atoms with Gasteiger partial charge in [-0.1, -0.05) is 25.7 Å². The summed E-state index contributed by atoms with van der Waals surface area (Å²) < 4.78 is 5.39. The molecule has 26 heavy (non-hydrogen) atoms. The fraction of sp³-hybridized carbons (Fsp3) is 0.650. The molecule has 3 rings (SSSR count). The van der Waals surface area contributed by atoms with Crippen molar-refractivity contribution in [3.63, 3.8) is 0 Å². The van der Waals surface area contributed by atoms with Gasteiger partial charge in [0.25, 0.3) is 5.91 Å². The number of nitriles is 1. The first-order chi connectivity index (χ1) is 12.5. The number of fused-ring (bicyclic) bond motifs is 1. The molecule has 1 fully saturated rings. The summed E-state index contributed by atoms with van der Waals surface area (Å²) in [4.78, 5) is 26.7. The minimum atomic E-state index is -0.906. The maximum atomic E-state index is 12.4. The van der Waals surface area contributed by atoms with Gasteiger partial charge in [-0.25, -0.2) is 4.79 Å². The number of nitrogens with one attached hydrogen (secondary N) is 1. The summed E-state index contributed by atoms with van der Waals surface area (Å²) in [6.45, 7) is 1.57. The first-order valence-electron chi connectivity index (χ1n) is 9.59. The number of nitrogens with zero attached hydrogens (tertiary/aromatic N) is 1. The van der Waals surface area contributed by atoms with Gasteiger partial charge in [0.2, 0.25) is 0 Å². The summed E-state index contributed by atoms with van der Waals surface area (Å²) in [7, 11) is 0. The van der Waals surface area contributed by atoms with Crippen LogP contribution in [-0.4, -0.2) is 23.5 Å². The van der Waals surface area contributed by atoms with E-state index < -0.39 is 17.6 Å². The van der Waals surface area contributed by atoms with Gasteiger partial charge in [0, 0.05) is 4.88 Å². The van der Waals surface area contributed by atoms with Gasteiger partial charge in [-0.15, -0.1) is 11.3 Å². The molecule has 2 aliphatic carbocycles. The van der Waals surface area contributed by atoms with E-state index >= 15 is 0 Å². The number of ether oxygens (including phenoxy) is 1. The van der Waals surface area contributed by atoms with Crippen LogP contribution in [0.1, 0.15) is 78.4 Å². The number of carbonyl (C=O) groups is 2. The van der Waals surface area contributed by atoms with Crippen molar-refractivity contribution in [1.82, 2.24) is 5.32 Å². The Hall–Kier alpha value is -1.87. The lowest BCUT2D eigenvalue weighted by molar-refractivity contribution is -0.130. The Bertz CT molecular complexity index is 690. The number of rotatable bonds is 4. The molecule has 1 heterocycles. The predicted octanol–water partition coefficient (Wildman–Crippen LogP) is 3.90. The third-order valence-electron chi connectivity index (χ3n) is 5.38. The van der Waals surface area contributed by atoms with Crippen LogP contribution in [0.25, 0.3) is 0 Å². The molecule has 0 bridgehead atoms. The molecule has 1 atom stereocenters. The summed E-state index contributed by atoms with van der Waals surface area (Å²) >= 11 is 1.49. The topological polar surface area (TPSA) is 79.2 Å². The molecule has 1 saturated carbocycles. The van der Waals surface area contributed by atoms with Crippen LogP contribution in [0.3, 0.4) is 0 Å². The molecule has 0 aliphatic heterocycles. The number of hydrogen-bond acceptors (Lipinski definition) is 5. The van der Waals surface area contributed by atoms with E-state index in [1.54, 1.807) is 6.92 Å². The average molecular weight is 375 g/mol. The average Bonchev–Trinajstić information content (AvgIpc) is 2.93. The van der Waals surface area contributed by atoms with Crippen LogP contribution in [0.5, 0.6) is 0 Å². The highest BCUT2D eigenvalue weighted by atomic mass is 32.1. The lowest BCUT2D eigenvalue weighted by Gasteiger charge is -2.32. The summed E-state index contributed by atoms with van der Waals surface area (Å²) in [6, 6.07) is 4.18. The molecule has 1 amide bonds. The monoisotopic (exact) mass is 374 g/mol.